The summed E-state index contributed by atoms with van der Waals surface area (Å²) in [7, 11) is -3.19. The number of carboxylic acid groups (broad SMARTS) is 2. The van der Waals surface area contributed by atoms with Gasteiger partial charge in [-0.2, -0.15) is 0 Å². The second-order valence-corrected chi connectivity index (χ2v) is 20.6. The molecule has 8 rings (SSSR count). The molecule has 0 saturated carbocycles. The topological polar surface area (TPSA) is 112 Å². The second-order valence-electron chi connectivity index (χ2n) is 15.7. The van der Waals surface area contributed by atoms with E-state index < -0.39 is 27.8 Å². The molecule has 61 heavy (non-hydrogen) atoms. The monoisotopic (exact) mass is 946 g/mol. The number of carbonyl (C=O) groups is 2. The molecule has 2 heterocycles. The number of hydrogen-bond donors (Lipinski definition) is 2. The van der Waals surface area contributed by atoms with Gasteiger partial charge in [0, 0.05) is 33.3 Å². The van der Waals surface area contributed by atoms with Crippen LogP contribution in [0, 0.1) is 55.4 Å². The maximum Gasteiger partial charge on any atom is 0.300 e. The van der Waals surface area contributed by atoms with Crippen LogP contribution in [0.2, 0.25) is 0 Å². The van der Waals surface area contributed by atoms with Crippen molar-refractivity contribution < 1.29 is 58.2 Å². The molecule has 8 nitrogen and oxygen atoms in total. The van der Waals surface area contributed by atoms with Crippen molar-refractivity contribution in [2.45, 2.75) is 69.2 Å². The van der Waals surface area contributed by atoms with E-state index >= 15 is 0 Å². The van der Waals surface area contributed by atoms with Gasteiger partial charge in [0.25, 0.3) is 11.9 Å². The third kappa shape index (κ3) is 11.3. The first-order valence-corrected chi connectivity index (χ1v) is 22.8. The van der Waals surface area contributed by atoms with Crippen LogP contribution < -0.4 is 50.8 Å². The van der Waals surface area contributed by atoms with Crippen LogP contribution in [0.3, 0.4) is 0 Å². The third-order valence-corrected chi connectivity index (χ3v) is 15.3. The minimum Gasteiger partial charge on any atom is -0.481 e. The zero-order valence-corrected chi connectivity index (χ0v) is 40.1. The molecule has 2 aliphatic heterocycles. The standard InChI is InChI=1S/C46H44O4P2.2C2H4O2.Ru/c1-27-13-28(2)18-35(17-27)51(36-19-29(3)14-30(4)20-36)41-11-9-39-45(49-25-47-39)43(41)44-42(12-10-40-46(44)50-26-48-40)52(37-21-31(5)15-32(6)22-37)38-23-33(7)16-34(8)24-38;2*1-2(3)4;/h9-24H,25-26H2,1-8H3;2*1H3,(H,3,4);/p+2. The third-order valence-electron chi connectivity index (χ3n) is 9.91. The van der Waals surface area contributed by atoms with Gasteiger partial charge in [0.1, 0.15) is 31.8 Å². The molecule has 0 atom stereocenters. The fraction of sp³-hybridized carbons (Fsp3) is 0.240. The van der Waals surface area contributed by atoms with Crippen molar-refractivity contribution in [3.8, 4) is 34.1 Å². The van der Waals surface area contributed by atoms with E-state index in [2.05, 4.69) is 152 Å². The van der Waals surface area contributed by atoms with Gasteiger partial charge in [-0.15, -0.1) is 0 Å². The maximum atomic E-state index is 9.00. The number of rotatable bonds is 7. The first kappa shape index (κ1) is 47.0. The molecule has 0 bridgehead atoms. The molecule has 0 unspecified atom stereocenters. The second kappa shape index (κ2) is 20.2. The minimum absolute atomic E-state index is 0. The minimum atomic E-state index is -1.60. The van der Waals surface area contributed by atoms with Gasteiger partial charge >= 0.3 is 0 Å². The predicted molar refractivity (Wildman–Crippen MR) is 249 cm³/mol. The van der Waals surface area contributed by atoms with E-state index in [0.29, 0.717) is 0 Å². The predicted octanol–water partition coefficient (Wildman–Crippen LogP) is 8.44. The number of hydrogen-bond acceptors (Lipinski definition) is 6. The molecule has 0 spiro atoms. The molecule has 6 aromatic carbocycles. The Labute approximate surface area is 374 Å². The van der Waals surface area contributed by atoms with E-state index in [-0.39, 0.29) is 33.1 Å². The number of aliphatic carboxylic acids is 2. The summed E-state index contributed by atoms with van der Waals surface area (Å²) in [5, 5.41) is 22.7. The van der Waals surface area contributed by atoms with Gasteiger partial charge in [-0.25, -0.2) is 0 Å². The van der Waals surface area contributed by atoms with E-state index in [9.17, 15) is 0 Å². The smallest absolute Gasteiger partial charge is 0.300 e. The summed E-state index contributed by atoms with van der Waals surface area (Å²) in [6.45, 7) is 20.1. The SMILES string of the molecule is CC(=O)O.CC(=O)O.Cc1cc(C)cc([PH+](c2cc(C)cc(C)c2)c2ccc3c(c2-c2c([PH+](c4cc(C)cc(C)c4)c4cc(C)cc(C)c4)ccc4c2OCO4)OCO3)c1.[Ru]. The summed E-state index contributed by atoms with van der Waals surface area (Å²) in [6, 6.07) is 36.9. The van der Waals surface area contributed by atoms with Crippen molar-refractivity contribution in [3.63, 3.8) is 0 Å². The van der Waals surface area contributed by atoms with Gasteiger partial charge in [0.15, 0.2) is 23.0 Å². The average Bonchev–Trinajstić information content (AvgIpc) is 3.80. The van der Waals surface area contributed by atoms with Crippen molar-refractivity contribution in [1.29, 1.82) is 0 Å². The Kier molecular flexibility index (Phi) is 15.6. The zero-order valence-electron chi connectivity index (χ0n) is 36.3. The fourth-order valence-electron chi connectivity index (χ4n) is 8.29. The molecule has 0 aliphatic carbocycles. The van der Waals surface area contributed by atoms with Crippen LogP contribution in [0.5, 0.6) is 23.0 Å². The van der Waals surface area contributed by atoms with Gasteiger partial charge < -0.3 is 29.2 Å². The van der Waals surface area contributed by atoms with Crippen LogP contribution in [0.1, 0.15) is 58.4 Å². The Morgan fingerprint density at radius 1 is 0.426 bits per heavy atom. The van der Waals surface area contributed by atoms with Crippen LogP contribution >= 0.6 is 15.8 Å². The molecular formula is C50H54O8P2Ru+2. The molecule has 0 aromatic heterocycles. The number of fused-ring (bicyclic) bond motifs is 2. The Balaban J connectivity index is 0.000000722. The Hall–Kier alpha value is -5.06. The van der Waals surface area contributed by atoms with E-state index in [0.717, 1.165) is 48.0 Å². The molecule has 0 fully saturated rings. The van der Waals surface area contributed by atoms with Crippen LogP contribution in [-0.4, -0.2) is 35.7 Å². The summed E-state index contributed by atoms with van der Waals surface area (Å²) in [6.07, 6.45) is 0. The first-order chi connectivity index (χ1) is 28.5. The van der Waals surface area contributed by atoms with Crippen molar-refractivity contribution >= 4 is 59.6 Å². The van der Waals surface area contributed by atoms with Crippen LogP contribution in [0.4, 0.5) is 0 Å². The van der Waals surface area contributed by atoms with Crippen molar-refractivity contribution in [3.05, 3.63) is 142 Å². The Morgan fingerprint density at radius 3 is 0.885 bits per heavy atom. The molecule has 0 saturated heterocycles. The van der Waals surface area contributed by atoms with Crippen molar-refractivity contribution in [2.75, 3.05) is 13.6 Å². The molecule has 0 amide bonds. The van der Waals surface area contributed by atoms with Gasteiger partial charge in [-0.1, -0.05) is 24.3 Å². The van der Waals surface area contributed by atoms with Gasteiger partial charge in [-0.3, -0.25) is 9.59 Å². The summed E-state index contributed by atoms with van der Waals surface area (Å²) in [5.74, 6) is 1.41. The molecule has 11 heteroatoms. The van der Waals surface area contributed by atoms with Gasteiger partial charge in [0.05, 0.1) is 27.0 Å². The van der Waals surface area contributed by atoms with Gasteiger partial charge in [0.2, 0.25) is 13.6 Å². The largest absolute Gasteiger partial charge is 0.481 e. The van der Waals surface area contributed by atoms with E-state index in [4.69, 9.17) is 38.7 Å². The Bertz CT molecular complexity index is 2230. The number of aryl methyl sites for hydroxylation is 8. The van der Waals surface area contributed by atoms with Gasteiger partial charge in [-0.05, 0) is 173 Å². The Morgan fingerprint density at radius 2 is 0.656 bits per heavy atom. The summed E-state index contributed by atoms with van der Waals surface area (Å²) in [4.78, 5) is 18.0. The van der Waals surface area contributed by atoms with E-state index in [1.54, 1.807) is 0 Å². The molecule has 0 radical (unpaired) electrons. The first-order valence-electron chi connectivity index (χ1n) is 19.8. The number of benzene rings is 6. The molecule has 6 aromatic rings. The van der Waals surface area contributed by atoms with E-state index in [1.165, 1.54) is 76.3 Å². The molecule has 318 valence electrons. The molecule has 2 aliphatic rings. The molecular weight excluding hydrogens is 892 g/mol. The van der Waals surface area contributed by atoms with Crippen molar-refractivity contribution in [2.24, 2.45) is 0 Å². The summed E-state index contributed by atoms with van der Waals surface area (Å²) < 4.78 is 25.4. The quantitative estimate of drug-likeness (QED) is 0.121. The van der Waals surface area contributed by atoms with Crippen molar-refractivity contribution in [1.82, 2.24) is 0 Å². The van der Waals surface area contributed by atoms with E-state index in [1.807, 2.05) is 0 Å². The molecule has 2 N–H and O–H groups in total. The summed E-state index contributed by atoms with van der Waals surface area (Å²) >= 11 is 0. The normalized spacial score (nSPS) is 11.9. The summed E-state index contributed by atoms with van der Waals surface area (Å²) in [5.41, 5.74) is 12.2. The average molecular weight is 946 g/mol. The number of ether oxygens (including phenoxy) is 4. The fourth-order valence-corrected chi connectivity index (χ4v) is 14.7. The zero-order chi connectivity index (χ0) is 43.4. The van der Waals surface area contributed by atoms with Crippen LogP contribution in [-0.2, 0) is 29.1 Å². The van der Waals surface area contributed by atoms with Crippen LogP contribution in [0.25, 0.3) is 11.1 Å². The maximum absolute atomic E-state index is 9.00. The number of carboxylic acids is 2. The van der Waals surface area contributed by atoms with Crippen LogP contribution in [0.15, 0.2) is 97.1 Å².